The van der Waals surface area contributed by atoms with Gasteiger partial charge in [0.1, 0.15) is 17.3 Å². The summed E-state index contributed by atoms with van der Waals surface area (Å²) in [6.07, 6.45) is 0. The van der Waals surface area contributed by atoms with Gasteiger partial charge in [0.15, 0.2) is 0 Å². The van der Waals surface area contributed by atoms with Gasteiger partial charge in [-0.3, -0.25) is 4.79 Å². The summed E-state index contributed by atoms with van der Waals surface area (Å²) in [7, 11) is 1.28. The Balaban J connectivity index is 3.32. The monoisotopic (exact) mass is 214 g/mol. The van der Waals surface area contributed by atoms with Crippen LogP contribution in [-0.4, -0.2) is 23.3 Å². The first kappa shape index (κ1) is 11.3. The Morgan fingerprint density at radius 3 is 2.60 bits per heavy atom. The Morgan fingerprint density at radius 1 is 1.53 bits per heavy atom. The predicted molar refractivity (Wildman–Crippen MR) is 50.7 cm³/mol. The molecule has 0 saturated carbocycles. The molecule has 0 spiro atoms. The Hall–Kier alpha value is -1.78. The molecule has 0 aliphatic carbocycles. The number of rotatable bonds is 3. The molecule has 1 atom stereocenters. The van der Waals surface area contributed by atoms with E-state index in [9.17, 15) is 9.18 Å². The highest BCUT2D eigenvalue weighted by Crippen LogP contribution is 2.32. The van der Waals surface area contributed by atoms with Crippen molar-refractivity contribution >= 4 is 5.97 Å². The molecule has 0 bridgehead atoms. The summed E-state index contributed by atoms with van der Waals surface area (Å²) in [4.78, 5) is 10.7. The molecule has 0 heterocycles. The average Bonchev–Trinajstić information content (AvgIpc) is 2.15. The molecule has 5 heteroatoms. The number of halogens is 1. The molecule has 82 valence electrons. The van der Waals surface area contributed by atoms with Gasteiger partial charge in [0.05, 0.1) is 13.0 Å². The minimum absolute atomic E-state index is 0.0300. The van der Waals surface area contributed by atoms with Gasteiger partial charge >= 0.3 is 5.97 Å². The highest BCUT2D eigenvalue weighted by Gasteiger charge is 2.23. The van der Waals surface area contributed by atoms with Gasteiger partial charge in [-0.1, -0.05) is 0 Å². The molecule has 4 nitrogen and oxygen atoms in total. The average molecular weight is 214 g/mol. The molecule has 0 aromatic heterocycles. The first-order chi connectivity index (χ1) is 6.97. The van der Waals surface area contributed by atoms with Crippen molar-refractivity contribution in [3.63, 3.8) is 0 Å². The zero-order valence-corrected chi connectivity index (χ0v) is 8.32. The van der Waals surface area contributed by atoms with Crippen molar-refractivity contribution in [1.82, 2.24) is 0 Å². The third kappa shape index (κ3) is 2.18. The molecule has 1 unspecified atom stereocenters. The van der Waals surface area contributed by atoms with Crippen LogP contribution in [0.5, 0.6) is 11.5 Å². The maximum atomic E-state index is 13.4. The van der Waals surface area contributed by atoms with Gasteiger partial charge in [-0.15, -0.1) is 0 Å². The SMILES string of the molecule is COc1cc(O)cc(F)c1C(C)C(=O)O. The normalized spacial score (nSPS) is 12.2. The van der Waals surface area contributed by atoms with Crippen LogP contribution in [0.4, 0.5) is 4.39 Å². The predicted octanol–water partition coefficient (Wildman–Crippen LogP) is 1.73. The molecule has 15 heavy (non-hydrogen) atoms. The van der Waals surface area contributed by atoms with Crippen molar-refractivity contribution in [1.29, 1.82) is 0 Å². The third-order valence-electron chi connectivity index (χ3n) is 2.10. The number of benzene rings is 1. The zero-order valence-electron chi connectivity index (χ0n) is 8.32. The maximum Gasteiger partial charge on any atom is 0.310 e. The van der Waals surface area contributed by atoms with Crippen LogP contribution in [0.15, 0.2) is 12.1 Å². The maximum absolute atomic E-state index is 13.4. The van der Waals surface area contributed by atoms with E-state index in [1.165, 1.54) is 20.1 Å². The van der Waals surface area contributed by atoms with Gasteiger partial charge in [0.25, 0.3) is 0 Å². The summed E-state index contributed by atoms with van der Waals surface area (Å²) in [5, 5.41) is 17.9. The van der Waals surface area contributed by atoms with Crippen LogP contribution in [-0.2, 0) is 4.79 Å². The fraction of sp³-hybridized carbons (Fsp3) is 0.300. The first-order valence-corrected chi connectivity index (χ1v) is 4.26. The van der Waals surface area contributed by atoms with Crippen molar-refractivity contribution in [2.24, 2.45) is 0 Å². The second-order valence-electron chi connectivity index (χ2n) is 3.10. The quantitative estimate of drug-likeness (QED) is 0.804. The molecule has 0 amide bonds. The molecule has 0 aliphatic heterocycles. The van der Waals surface area contributed by atoms with Crippen LogP contribution >= 0.6 is 0 Å². The minimum Gasteiger partial charge on any atom is -0.508 e. The van der Waals surface area contributed by atoms with E-state index in [4.69, 9.17) is 14.9 Å². The van der Waals surface area contributed by atoms with E-state index in [0.29, 0.717) is 0 Å². The topological polar surface area (TPSA) is 66.8 Å². The van der Waals surface area contributed by atoms with Gasteiger partial charge in [-0.25, -0.2) is 4.39 Å². The smallest absolute Gasteiger partial charge is 0.310 e. The van der Waals surface area contributed by atoms with E-state index < -0.39 is 17.7 Å². The van der Waals surface area contributed by atoms with Crippen molar-refractivity contribution in [3.8, 4) is 11.5 Å². The number of ether oxygens (including phenoxy) is 1. The van der Waals surface area contributed by atoms with Gasteiger partial charge in [-0.2, -0.15) is 0 Å². The summed E-state index contributed by atoms with van der Waals surface area (Å²) < 4.78 is 18.2. The summed E-state index contributed by atoms with van der Waals surface area (Å²) >= 11 is 0. The number of phenolic OH excluding ortho intramolecular Hbond substituents is 1. The van der Waals surface area contributed by atoms with Crippen molar-refractivity contribution < 1.29 is 24.1 Å². The fourth-order valence-corrected chi connectivity index (χ4v) is 1.29. The number of aromatic hydroxyl groups is 1. The molecule has 1 rings (SSSR count). The summed E-state index contributed by atoms with van der Waals surface area (Å²) in [6.45, 7) is 1.35. The largest absolute Gasteiger partial charge is 0.508 e. The molecule has 0 radical (unpaired) electrons. The van der Waals surface area contributed by atoms with E-state index in [2.05, 4.69) is 0 Å². The highest BCUT2D eigenvalue weighted by atomic mass is 19.1. The lowest BCUT2D eigenvalue weighted by Gasteiger charge is -2.13. The van der Waals surface area contributed by atoms with Crippen molar-refractivity contribution in [2.45, 2.75) is 12.8 Å². The molecule has 0 saturated heterocycles. The Labute approximate surface area is 85.9 Å². The van der Waals surface area contributed by atoms with Crippen molar-refractivity contribution in [2.75, 3.05) is 7.11 Å². The molecular formula is C10H11FO4. The van der Waals surface area contributed by atoms with Crippen LogP contribution in [0.2, 0.25) is 0 Å². The highest BCUT2D eigenvalue weighted by molar-refractivity contribution is 5.77. The van der Waals surface area contributed by atoms with E-state index in [0.717, 1.165) is 6.07 Å². The lowest BCUT2D eigenvalue weighted by atomic mass is 9.99. The van der Waals surface area contributed by atoms with E-state index in [1.54, 1.807) is 0 Å². The number of carboxylic acid groups (broad SMARTS) is 1. The molecule has 0 aliphatic rings. The second-order valence-corrected chi connectivity index (χ2v) is 3.10. The van der Waals surface area contributed by atoms with Gasteiger partial charge in [0, 0.05) is 17.7 Å². The number of phenols is 1. The minimum atomic E-state index is -1.15. The number of hydrogen-bond donors (Lipinski definition) is 2. The van der Waals surface area contributed by atoms with E-state index >= 15 is 0 Å². The number of hydrogen-bond acceptors (Lipinski definition) is 3. The molecule has 0 fully saturated rings. The standard InChI is InChI=1S/C10H11FO4/c1-5(10(13)14)9-7(11)3-6(12)4-8(9)15-2/h3-5,12H,1-2H3,(H,13,14). The third-order valence-corrected chi connectivity index (χ3v) is 2.10. The Kier molecular flexibility index (Phi) is 3.14. The van der Waals surface area contributed by atoms with Gasteiger partial charge in [0.2, 0.25) is 0 Å². The second kappa shape index (κ2) is 4.16. The fourth-order valence-electron chi connectivity index (χ4n) is 1.29. The number of methoxy groups -OCH3 is 1. The van der Waals surface area contributed by atoms with E-state index in [1.807, 2.05) is 0 Å². The van der Waals surface area contributed by atoms with Crippen molar-refractivity contribution in [3.05, 3.63) is 23.5 Å². The Bertz CT molecular complexity index is 389. The van der Waals surface area contributed by atoms with Crippen LogP contribution in [0, 0.1) is 5.82 Å². The zero-order chi connectivity index (χ0) is 11.6. The molecule has 1 aromatic rings. The lowest BCUT2D eigenvalue weighted by molar-refractivity contribution is -0.138. The van der Waals surface area contributed by atoms with Crippen LogP contribution < -0.4 is 4.74 Å². The molecule has 1 aromatic carbocycles. The Morgan fingerprint density at radius 2 is 2.13 bits per heavy atom. The lowest BCUT2D eigenvalue weighted by Crippen LogP contribution is -2.10. The summed E-state index contributed by atoms with van der Waals surface area (Å²) in [5.41, 5.74) is -0.0669. The van der Waals surface area contributed by atoms with Crippen LogP contribution in [0.3, 0.4) is 0 Å². The summed E-state index contributed by atoms with van der Waals surface area (Å²) in [6, 6.07) is 2.04. The number of carboxylic acids is 1. The molecular weight excluding hydrogens is 203 g/mol. The van der Waals surface area contributed by atoms with Crippen LogP contribution in [0.1, 0.15) is 18.4 Å². The number of aliphatic carboxylic acids is 1. The number of carbonyl (C=O) groups is 1. The van der Waals surface area contributed by atoms with Gasteiger partial charge in [-0.05, 0) is 6.92 Å². The van der Waals surface area contributed by atoms with Crippen LogP contribution in [0.25, 0.3) is 0 Å². The first-order valence-electron chi connectivity index (χ1n) is 4.26. The summed E-state index contributed by atoms with van der Waals surface area (Å²) in [5.74, 6) is -3.24. The van der Waals surface area contributed by atoms with E-state index in [-0.39, 0.29) is 17.1 Å². The van der Waals surface area contributed by atoms with Gasteiger partial charge < -0.3 is 14.9 Å². The molecule has 2 N–H and O–H groups in total.